The molecule has 5 rings (SSSR count). The van der Waals surface area contributed by atoms with Crippen LogP contribution in [0.2, 0.25) is 0 Å². The maximum atomic E-state index is 12.3. The molecule has 0 radical (unpaired) electrons. The number of imidazole rings is 1. The lowest BCUT2D eigenvalue weighted by molar-refractivity contribution is -0.123. The van der Waals surface area contributed by atoms with E-state index in [1.54, 1.807) is 30.3 Å². The molecule has 0 spiro atoms. The smallest absolute Gasteiger partial charge is 0.258 e. The fraction of sp³-hybridized carbons (Fsp3) is 0.0741. The van der Waals surface area contributed by atoms with Gasteiger partial charge in [0.1, 0.15) is 23.2 Å². The van der Waals surface area contributed by atoms with Gasteiger partial charge < -0.3 is 25.9 Å². The van der Waals surface area contributed by atoms with Crippen molar-refractivity contribution in [3.63, 3.8) is 0 Å². The Balaban J connectivity index is 1.23. The normalized spacial score (nSPS) is 11.0. The van der Waals surface area contributed by atoms with Crippen molar-refractivity contribution < 1.29 is 14.6 Å². The van der Waals surface area contributed by atoms with Gasteiger partial charge in [-0.1, -0.05) is 42.5 Å². The number of fused-ring (bicyclic) bond motifs is 2. The molecule has 0 aliphatic rings. The number of hydrogen-bond acceptors (Lipinski definition) is 5. The summed E-state index contributed by atoms with van der Waals surface area (Å²) in [6, 6.07) is 24.0. The third kappa shape index (κ3) is 4.63. The predicted molar refractivity (Wildman–Crippen MR) is 136 cm³/mol. The molecule has 4 aromatic carbocycles. The van der Waals surface area contributed by atoms with E-state index >= 15 is 0 Å². The van der Waals surface area contributed by atoms with Crippen LogP contribution in [0.3, 0.4) is 0 Å². The molecule has 0 unspecified atom stereocenters. The van der Waals surface area contributed by atoms with Crippen LogP contribution in [0.5, 0.6) is 11.5 Å². The molecule has 35 heavy (non-hydrogen) atoms. The molecule has 0 fully saturated rings. The van der Waals surface area contributed by atoms with Crippen molar-refractivity contribution in [2.24, 2.45) is 5.73 Å². The first kappa shape index (κ1) is 22.0. The number of phenols is 1. The molecule has 6 N–H and O–H groups in total. The van der Waals surface area contributed by atoms with Gasteiger partial charge in [-0.3, -0.25) is 10.2 Å². The summed E-state index contributed by atoms with van der Waals surface area (Å²) in [7, 11) is 0. The van der Waals surface area contributed by atoms with Crippen molar-refractivity contribution in [2.75, 3.05) is 6.61 Å². The molecule has 5 aromatic rings. The molecule has 1 amide bonds. The minimum Gasteiger partial charge on any atom is -0.507 e. The zero-order valence-electron chi connectivity index (χ0n) is 18.7. The second-order valence-corrected chi connectivity index (χ2v) is 8.11. The SMILES string of the molecule is N=C(N)c1ccc2nc(-c3ccc(OCC(=O)NCc4cccc5ccccc45)cc3O)[nH]c2c1. The molecular weight excluding hydrogens is 442 g/mol. The fourth-order valence-corrected chi connectivity index (χ4v) is 3.95. The standard InChI is InChI=1S/C27H23N5O3/c28-26(29)17-8-11-22-23(12-17)32-27(31-22)21-10-9-19(13-24(21)33)35-15-25(34)30-14-18-6-3-5-16-4-1-2-7-20(16)18/h1-13,33H,14-15H2,(H3,28,29)(H,30,34)(H,31,32). The summed E-state index contributed by atoms with van der Waals surface area (Å²) in [4.78, 5) is 20.0. The first-order chi connectivity index (χ1) is 17.0. The molecule has 1 aromatic heterocycles. The molecule has 0 saturated carbocycles. The fourth-order valence-electron chi connectivity index (χ4n) is 3.95. The van der Waals surface area contributed by atoms with Crippen LogP contribution >= 0.6 is 0 Å². The number of amides is 1. The molecule has 0 saturated heterocycles. The van der Waals surface area contributed by atoms with Crippen LogP contribution in [0, 0.1) is 5.41 Å². The molecule has 8 heteroatoms. The minimum absolute atomic E-state index is 0.0337. The van der Waals surface area contributed by atoms with Crippen LogP contribution in [0.4, 0.5) is 0 Å². The van der Waals surface area contributed by atoms with Crippen LogP contribution < -0.4 is 15.8 Å². The molecule has 174 valence electrons. The topological polar surface area (TPSA) is 137 Å². The van der Waals surface area contributed by atoms with Crippen LogP contribution in [0.15, 0.2) is 78.9 Å². The summed E-state index contributed by atoms with van der Waals surface area (Å²) in [5, 5.41) is 23.2. The molecule has 1 heterocycles. The summed E-state index contributed by atoms with van der Waals surface area (Å²) < 4.78 is 5.58. The van der Waals surface area contributed by atoms with Gasteiger partial charge in [0.25, 0.3) is 5.91 Å². The number of H-pyrrole nitrogens is 1. The number of amidine groups is 1. The highest BCUT2D eigenvalue weighted by Gasteiger charge is 2.13. The van der Waals surface area contributed by atoms with Crippen LogP contribution in [0.1, 0.15) is 11.1 Å². The quantitative estimate of drug-likeness (QED) is 0.182. The number of rotatable bonds is 7. The van der Waals surface area contributed by atoms with Crippen molar-refractivity contribution in [1.82, 2.24) is 15.3 Å². The van der Waals surface area contributed by atoms with E-state index in [1.165, 1.54) is 6.07 Å². The van der Waals surface area contributed by atoms with Gasteiger partial charge in [0.15, 0.2) is 6.61 Å². The lowest BCUT2D eigenvalue weighted by Crippen LogP contribution is -2.28. The van der Waals surface area contributed by atoms with E-state index in [1.807, 2.05) is 42.5 Å². The lowest BCUT2D eigenvalue weighted by atomic mass is 10.0. The third-order valence-corrected chi connectivity index (χ3v) is 5.74. The number of carbonyl (C=O) groups is 1. The first-order valence-corrected chi connectivity index (χ1v) is 11.0. The number of aromatic nitrogens is 2. The molecular formula is C27H23N5O3. The average Bonchev–Trinajstić information content (AvgIpc) is 3.29. The number of ether oxygens (including phenoxy) is 1. The summed E-state index contributed by atoms with van der Waals surface area (Å²) >= 11 is 0. The Labute approximate surface area is 200 Å². The molecule has 0 atom stereocenters. The molecule has 0 bridgehead atoms. The maximum absolute atomic E-state index is 12.3. The van der Waals surface area contributed by atoms with Crippen LogP contribution in [0.25, 0.3) is 33.2 Å². The number of nitrogens with two attached hydrogens (primary N) is 1. The van der Waals surface area contributed by atoms with E-state index in [9.17, 15) is 9.90 Å². The van der Waals surface area contributed by atoms with E-state index in [4.69, 9.17) is 15.9 Å². The van der Waals surface area contributed by atoms with E-state index < -0.39 is 0 Å². The van der Waals surface area contributed by atoms with Crippen LogP contribution in [-0.2, 0) is 11.3 Å². The van der Waals surface area contributed by atoms with Crippen molar-refractivity contribution in [1.29, 1.82) is 5.41 Å². The molecule has 8 nitrogen and oxygen atoms in total. The van der Waals surface area contributed by atoms with E-state index in [0.717, 1.165) is 16.3 Å². The number of aromatic hydroxyl groups is 1. The minimum atomic E-state index is -0.264. The number of hydrogen-bond donors (Lipinski definition) is 5. The third-order valence-electron chi connectivity index (χ3n) is 5.74. The van der Waals surface area contributed by atoms with Gasteiger partial charge in [0, 0.05) is 18.2 Å². The van der Waals surface area contributed by atoms with Gasteiger partial charge in [0.05, 0.1) is 16.6 Å². The number of aromatic amines is 1. The molecule has 0 aliphatic carbocycles. The van der Waals surface area contributed by atoms with Crippen molar-refractivity contribution >= 4 is 33.5 Å². The maximum Gasteiger partial charge on any atom is 0.258 e. The highest BCUT2D eigenvalue weighted by molar-refractivity contribution is 5.98. The van der Waals surface area contributed by atoms with E-state index in [2.05, 4.69) is 15.3 Å². The predicted octanol–water partition coefficient (Wildman–Crippen LogP) is 4.07. The summed E-state index contributed by atoms with van der Waals surface area (Å²) in [5.74, 6) is 0.497. The average molecular weight is 466 g/mol. The second-order valence-electron chi connectivity index (χ2n) is 8.11. The van der Waals surface area contributed by atoms with Gasteiger partial charge in [-0.05, 0) is 46.7 Å². The van der Waals surface area contributed by atoms with E-state index in [0.29, 0.717) is 40.3 Å². The highest BCUT2D eigenvalue weighted by Crippen LogP contribution is 2.32. The Morgan fingerprint density at radius 3 is 2.71 bits per heavy atom. The zero-order chi connectivity index (χ0) is 24.4. The van der Waals surface area contributed by atoms with Gasteiger partial charge in [0.2, 0.25) is 0 Å². The Bertz CT molecular complexity index is 1570. The zero-order valence-corrected chi connectivity index (χ0v) is 18.7. The first-order valence-electron chi connectivity index (χ1n) is 11.0. The second kappa shape index (κ2) is 9.18. The van der Waals surface area contributed by atoms with E-state index in [-0.39, 0.29) is 24.1 Å². The Kier molecular flexibility index (Phi) is 5.76. The number of benzene rings is 4. The summed E-state index contributed by atoms with van der Waals surface area (Å²) in [6.07, 6.45) is 0. The van der Waals surface area contributed by atoms with Crippen molar-refractivity contribution in [3.8, 4) is 22.9 Å². The number of nitrogens with one attached hydrogen (secondary N) is 3. The van der Waals surface area contributed by atoms with Gasteiger partial charge in [-0.2, -0.15) is 0 Å². The monoisotopic (exact) mass is 465 g/mol. The largest absolute Gasteiger partial charge is 0.507 e. The number of carbonyl (C=O) groups excluding carboxylic acids is 1. The Morgan fingerprint density at radius 1 is 1.06 bits per heavy atom. The van der Waals surface area contributed by atoms with Gasteiger partial charge in [-0.15, -0.1) is 0 Å². The lowest BCUT2D eigenvalue weighted by Gasteiger charge is -2.10. The Hall–Kier alpha value is -4.85. The molecule has 0 aliphatic heterocycles. The van der Waals surface area contributed by atoms with Gasteiger partial charge in [-0.25, -0.2) is 4.98 Å². The van der Waals surface area contributed by atoms with Crippen molar-refractivity contribution in [2.45, 2.75) is 6.54 Å². The summed E-state index contributed by atoms with van der Waals surface area (Å²) in [5.41, 5.74) is 9.04. The Morgan fingerprint density at radius 2 is 1.89 bits per heavy atom. The van der Waals surface area contributed by atoms with Gasteiger partial charge >= 0.3 is 0 Å². The number of nitrogens with zero attached hydrogens (tertiary/aromatic N) is 1. The van der Waals surface area contributed by atoms with Crippen LogP contribution in [-0.4, -0.2) is 33.4 Å². The van der Waals surface area contributed by atoms with Crippen molar-refractivity contribution in [3.05, 3.63) is 90.0 Å². The summed E-state index contributed by atoms with van der Waals surface area (Å²) in [6.45, 7) is 0.215. The highest BCUT2D eigenvalue weighted by atomic mass is 16.5. The number of nitrogen functional groups attached to an aromatic ring is 1. The number of phenolic OH excluding ortho intramolecular Hbond substituents is 1.